The zero-order valence-electron chi connectivity index (χ0n) is 10.9. The largest absolute Gasteiger partial charge is 0.386 e. The van der Waals surface area contributed by atoms with Gasteiger partial charge in [-0.1, -0.05) is 13.0 Å². The second kappa shape index (κ2) is 5.78. The fraction of sp³-hybridized carbons (Fsp3) is 0.429. The van der Waals surface area contributed by atoms with Gasteiger partial charge >= 0.3 is 0 Å². The lowest BCUT2D eigenvalue weighted by atomic mass is 10.1. The number of pyridine rings is 1. The number of aryl methyl sites for hydroxylation is 2. The third-order valence-corrected chi connectivity index (χ3v) is 2.89. The number of nitrogens with zero attached hydrogens (tertiary/aromatic N) is 3. The molecule has 0 fully saturated rings. The van der Waals surface area contributed by atoms with E-state index in [0.717, 1.165) is 24.5 Å². The molecule has 0 saturated carbocycles. The number of aliphatic hydroxyl groups is 1. The predicted molar refractivity (Wildman–Crippen MR) is 70.2 cm³/mol. The standard InChI is InChI=1S/C14H19N3O/c1-3-8-17-9-7-15-14(17)10-13(18)12-6-4-5-11(2)16-12/h4-7,9,13,18H,3,8,10H2,1-2H3. The summed E-state index contributed by atoms with van der Waals surface area (Å²) in [7, 11) is 0. The molecule has 18 heavy (non-hydrogen) atoms. The van der Waals surface area contributed by atoms with Crippen LogP contribution in [0.15, 0.2) is 30.6 Å². The van der Waals surface area contributed by atoms with Gasteiger partial charge in [-0.25, -0.2) is 4.98 Å². The second-order valence-corrected chi connectivity index (χ2v) is 4.46. The Labute approximate surface area is 107 Å². The molecule has 1 N–H and O–H groups in total. The van der Waals surface area contributed by atoms with Crippen LogP contribution in [0.5, 0.6) is 0 Å². The third kappa shape index (κ3) is 2.96. The highest BCUT2D eigenvalue weighted by Gasteiger charge is 2.13. The van der Waals surface area contributed by atoms with Crippen LogP contribution in [0.1, 0.15) is 36.7 Å². The van der Waals surface area contributed by atoms with Crippen LogP contribution < -0.4 is 0 Å². The molecule has 2 aromatic heterocycles. The zero-order chi connectivity index (χ0) is 13.0. The first-order valence-corrected chi connectivity index (χ1v) is 6.32. The van der Waals surface area contributed by atoms with Crippen LogP contribution in [-0.4, -0.2) is 19.6 Å². The van der Waals surface area contributed by atoms with Crippen LogP contribution in [0.3, 0.4) is 0 Å². The summed E-state index contributed by atoms with van der Waals surface area (Å²) in [5.74, 6) is 0.910. The van der Waals surface area contributed by atoms with Crippen molar-refractivity contribution in [2.45, 2.75) is 39.3 Å². The molecule has 2 aromatic rings. The van der Waals surface area contributed by atoms with Crippen molar-refractivity contribution in [3.8, 4) is 0 Å². The smallest absolute Gasteiger partial charge is 0.111 e. The van der Waals surface area contributed by atoms with Crippen LogP contribution >= 0.6 is 0 Å². The number of aliphatic hydroxyl groups excluding tert-OH is 1. The summed E-state index contributed by atoms with van der Waals surface area (Å²) < 4.78 is 2.08. The van der Waals surface area contributed by atoms with Crippen molar-refractivity contribution in [2.75, 3.05) is 0 Å². The topological polar surface area (TPSA) is 50.9 Å². The molecule has 4 nitrogen and oxygen atoms in total. The summed E-state index contributed by atoms with van der Waals surface area (Å²) in [6.45, 7) is 4.99. The molecule has 1 unspecified atom stereocenters. The van der Waals surface area contributed by atoms with E-state index in [1.54, 1.807) is 6.20 Å². The van der Waals surface area contributed by atoms with Gasteiger partial charge in [0.1, 0.15) is 11.9 Å². The number of hydrogen-bond acceptors (Lipinski definition) is 3. The normalized spacial score (nSPS) is 12.6. The number of imidazole rings is 1. The van der Waals surface area contributed by atoms with E-state index in [2.05, 4.69) is 21.5 Å². The molecular formula is C14H19N3O. The zero-order valence-corrected chi connectivity index (χ0v) is 10.9. The molecule has 0 bridgehead atoms. The van der Waals surface area contributed by atoms with Gasteiger partial charge in [-0.3, -0.25) is 4.98 Å². The van der Waals surface area contributed by atoms with Crippen molar-refractivity contribution in [1.29, 1.82) is 0 Å². The molecule has 1 atom stereocenters. The Kier molecular flexibility index (Phi) is 4.10. The monoisotopic (exact) mass is 245 g/mol. The van der Waals surface area contributed by atoms with Gasteiger partial charge in [0.05, 0.1) is 5.69 Å². The Bertz CT molecular complexity index is 507. The van der Waals surface area contributed by atoms with Crippen molar-refractivity contribution in [3.05, 3.63) is 47.8 Å². The van der Waals surface area contributed by atoms with Crippen LogP contribution in [0, 0.1) is 6.92 Å². The lowest BCUT2D eigenvalue weighted by Gasteiger charge is -2.12. The minimum atomic E-state index is -0.595. The Morgan fingerprint density at radius 2 is 2.22 bits per heavy atom. The quantitative estimate of drug-likeness (QED) is 0.879. The molecule has 0 saturated heterocycles. The fourth-order valence-corrected chi connectivity index (χ4v) is 2.00. The highest BCUT2D eigenvalue weighted by Crippen LogP contribution is 2.16. The van der Waals surface area contributed by atoms with Crippen LogP contribution in [0.25, 0.3) is 0 Å². The lowest BCUT2D eigenvalue weighted by molar-refractivity contribution is 0.169. The van der Waals surface area contributed by atoms with Gasteiger partial charge in [-0.05, 0) is 25.5 Å². The van der Waals surface area contributed by atoms with Gasteiger partial charge in [0.2, 0.25) is 0 Å². The molecule has 0 aliphatic heterocycles. The number of hydrogen-bond donors (Lipinski definition) is 1. The molecule has 0 amide bonds. The number of rotatable bonds is 5. The van der Waals surface area contributed by atoms with E-state index in [9.17, 15) is 5.11 Å². The fourth-order valence-electron chi connectivity index (χ4n) is 2.00. The second-order valence-electron chi connectivity index (χ2n) is 4.46. The molecule has 2 rings (SSSR count). The molecule has 4 heteroatoms. The first-order valence-electron chi connectivity index (χ1n) is 6.32. The summed E-state index contributed by atoms with van der Waals surface area (Å²) in [5, 5.41) is 10.2. The van der Waals surface area contributed by atoms with Crippen LogP contribution in [0.4, 0.5) is 0 Å². The molecule has 0 radical (unpaired) electrons. The van der Waals surface area contributed by atoms with Gasteiger partial charge in [-0.15, -0.1) is 0 Å². The Morgan fingerprint density at radius 1 is 1.39 bits per heavy atom. The Morgan fingerprint density at radius 3 is 2.94 bits per heavy atom. The molecule has 0 spiro atoms. The first-order chi connectivity index (χ1) is 8.70. The van der Waals surface area contributed by atoms with E-state index in [0.29, 0.717) is 12.1 Å². The number of aromatic nitrogens is 3. The molecule has 0 aliphatic rings. The summed E-state index contributed by atoms with van der Waals surface area (Å²) in [6.07, 6.45) is 4.70. The maximum Gasteiger partial charge on any atom is 0.111 e. The summed E-state index contributed by atoms with van der Waals surface area (Å²) >= 11 is 0. The molecule has 0 aliphatic carbocycles. The van der Waals surface area contributed by atoms with Gasteiger partial charge in [0.25, 0.3) is 0 Å². The van der Waals surface area contributed by atoms with Crippen LogP contribution in [0.2, 0.25) is 0 Å². The molecular weight excluding hydrogens is 226 g/mol. The van der Waals surface area contributed by atoms with Crippen molar-refractivity contribution >= 4 is 0 Å². The maximum absolute atomic E-state index is 10.2. The van der Waals surface area contributed by atoms with E-state index in [4.69, 9.17) is 0 Å². The summed E-state index contributed by atoms with van der Waals surface area (Å²) in [5.41, 5.74) is 1.63. The average molecular weight is 245 g/mol. The molecule has 0 aromatic carbocycles. The van der Waals surface area contributed by atoms with Gasteiger partial charge in [0, 0.05) is 31.1 Å². The molecule has 96 valence electrons. The minimum Gasteiger partial charge on any atom is -0.386 e. The third-order valence-electron chi connectivity index (χ3n) is 2.89. The van der Waals surface area contributed by atoms with E-state index in [1.807, 2.05) is 31.3 Å². The summed E-state index contributed by atoms with van der Waals surface area (Å²) in [4.78, 5) is 8.64. The lowest BCUT2D eigenvalue weighted by Crippen LogP contribution is -2.10. The van der Waals surface area contributed by atoms with E-state index in [1.165, 1.54) is 0 Å². The van der Waals surface area contributed by atoms with Crippen molar-refractivity contribution < 1.29 is 5.11 Å². The first kappa shape index (κ1) is 12.8. The van der Waals surface area contributed by atoms with Crippen molar-refractivity contribution in [3.63, 3.8) is 0 Å². The average Bonchev–Trinajstić information content (AvgIpc) is 2.77. The van der Waals surface area contributed by atoms with Crippen molar-refractivity contribution in [1.82, 2.24) is 14.5 Å². The van der Waals surface area contributed by atoms with E-state index in [-0.39, 0.29) is 0 Å². The highest BCUT2D eigenvalue weighted by molar-refractivity contribution is 5.13. The Balaban J connectivity index is 2.11. The predicted octanol–water partition coefficient (Wildman–Crippen LogP) is 2.27. The van der Waals surface area contributed by atoms with Crippen LogP contribution in [-0.2, 0) is 13.0 Å². The van der Waals surface area contributed by atoms with Gasteiger partial charge < -0.3 is 9.67 Å². The van der Waals surface area contributed by atoms with E-state index < -0.39 is 6.10 Å². The van der Waals surface area contributed by atoms with Gasteiger partial charge in [-0.2, -0.15) is 0 Å². The highest BCUT2D eigenvalue weighted by atomic mass is 16.3. The SMILES string of the molecule is CCCn1ccnc1CC(O)c1cccc(C)n1. The molecule has 2 heterocycles. The summed E-state index contributed by atoms with van der Waals surface area (Å²) in [6, 6.07) is 5.69. The van der Waals surface area contributed by atoms with Crippen molar-refractivity contribution in [2.24, 2.45) is 0 Å². The minimum absolute atomic E-state index is 0.503. The van der Waals surface area contributed by atoms with E-state index >= 15 is 0 Å². The van der Waals surface area contributed by atoms with Gasteiger partial charge in [0.15, 0.2) is 0 Å². The maximum atomic E-state index is 10.2. The Hall–Kier alpha value is -1.68.